The number of nitrogens with one attached hydrogen (secondary N) is 1. The molecule has 20 heavy (non-hydrogen) atoms. The van der Waals surface area contributed by atoms with Crippen molar-refractivity contribution >= 4 is 39.9 Å². The van der Waals surface area contributed by atoms with Crippen molar-refractivity contribution < 1.29 is 13.6 Å². The lowest BCUT2D eigenvalue weighted by Gasteiger charge is -2.21. The minimum Gasteiger partial charge on any atom is -0.310 e. The minimum atomic E-state index is -2.78. The monoisotopic (exact) mass is 366 g/mol. The molecule has 3 nitrogen and oxygen atoms in total. The Bertz CT molecular complexity index is 541. The molecule has 0 spiro atoms. The molecular formula is C13H14BrClF2N2O. The van der Waals surface area contributed by atoms with Crippen LogP contribution in [0.2, 0.25) is 0 Å². The van der Waals surface area contributed by atoms with E-state index in [2.05, 4.69) is 21.2 Å². The third-order valence-corrected chi connectivity index (χ3v) is 4.11. The van der Waals surface area contributed by atoms with Crippen LogP contribution in [0.25, 0.3) is 0 Å². The van der Waals surface area contributed by atoms with Crippen LogP contribution < -0.4 is 10.2 Å². The molecule has 0 radical (unpaired) electrons. The largest absolute Gasteiger partial charge is 0.310 e. The van der Waals surface area contributed by atoms with Crippen molar-refractivity contribution in [2.45, 2.75) is 24.8 Å². The van der Waals surface area contributed by atoms with Gasteiger partial charge in [-0.15, -0.1) is 12.4 Å². The molecule has 1 saturated heterocycles. The van der Waals surface area contributed by atoms with E-state index in [9.17, 15) is 13.6 Å². The summed E-state index contributed by atoms with van der Waals surface area (Å²) in [6.45, 7) is 0.150. The Morgan fingerprint density at radius 3 is 2.85 bits per heavy atom. The van der Waals surface area contributed by atoms with Crippen molar-refractivity contribution in [3.05, 3.63) is 28.2 Å². The Balaban J connectivity index is 0.00000147. The predicted octanol–water partition coefficient (Wildman–Crippen LogP) is 2.76. The fourth-order valence-corrected chi connectivity index (χ4v) is 3.01. The van der Waals surface area contributed by atoms with Crippen molar-refractivity contribution in [3.63, 3.8) is 0 Å². The van der Waals surface area contributed by atoms with Gasteiger partial charge in [0, 0.05) is 23.1 Å². The first-order valence-corrected chi connectivity index (χ1v) is 6.97. The van der Waals surface area contributed by atoms with Gasteiger partial charge in [0.05, 0.1) is 12.6 Å². The van der Waals surface area contributed by atoms with Gasteiger partial charge in [0.25, 0.3) is 5.92 Å². The van der Waals surface area contributed by atoms with Crippen LogP contribution in [0, 0.1) is 0 Å². The minimum absolute atomic E-state index is 0. The molecule has 0 aromatic heterocycles. The average molecular weight is 368 g/mol. The Morgan fingerprint density at radius 1 is 1.45 bits per heavy atom. The van der Waals surface area contributed by atoms with Crippen LogP contribution in [-0.2, 0) is 11.2 Å². The lowest BCUT2D eigenvalue weighted by atomic mass is 10.1. The SMILES string of the molecule is Cl.O=C(C1CC(F)(F)CN1)N1CCc2ccc(Br)cc21. The molecule has 1 amide bonds. The van der Waals surface area contributed by atoms with Crippen LogP contribution in [0.15, 0.2) is 22.7 Å². The van der Waals surface area contributed by atoms with Crippen LogP contribution in [0.5, 0.6) is 0 Å². The smallest absolute Gasteiger partial charge is 0.262 e. The van der Waals surface area contributed by atoms with E-state index in [1.807, 2.05) is 18.2 Å². The van der Waals surface area contributed by atoms with Crippen LogP contribution in [-0.4, -0.2) is 31.0 Å². The van der Waals surface area contributed by atoms with Gasteiger partial charge in [-0.05, 0) is 24.1 Å². The second kappa shape index (κ2) is 5.58. The maximum Gasteiger partial charge on any atom is 0.262 e. The van der Waals surface area contributed by atoms with Crippen LogP contribution in [0.4, 0.5) is 14.5 Å². The van der Waals surface area contributed by atoms with E-state index in [0.717, 1.165) is 22.1 Å². The molecule has 2 aliphatic rings. The number of benzene rings is 1. The summed E-state index contributed by atoms with van der Waals surface area (Å²) in [6, 6.07) is 4.98. The molecule has 1 atom stereocenters. The quantitative estimate of drug-likeness (QED) is 0.828. The topological polar surface area (TPSA) is 32.3 Å². The van der Waals surface area contributed by atoms with E-state index in [4.69, 9.17) is 0 Å². The van der Waals surface area contributed by atoms with Gasteiger partial charge in [-0.1, -0.05) is 22.0 Å². The summed E-state index contributed by atoms with van der Waals surface area (Å²) in [5.74, 6) is -3.03. The van der Waals surface area contributed by atoms with Crippen LogP contribution in [0.1, 0.15) is 12.0 Å². The molecule has 1 aromatic carbocycles. The first-order chi connectivity index (χ1) is 8.96. The summed E-state index contributed by atoms with van der Waals surface area (Å²) >= 11 is 3.37. The van der Waals surface area contributed by atoms with E-state index in [1.165, 1.54) is 0 Å². The van der Waals surface area contributed by atoms with Gasteiger partial charge in [-0.25, -0.2) is 8.78 Å². The van der Waals surface area contributed by atoms with E-state index in [1.54, 1.807) is 4.90 Å². The molecule has 0 saturated carbocycles. The molecular weight excluding hydrogens is 354 g/mol. The molecule has 1 unspecified atom stereocenters. The van der Waals surface area contributed by atoms with Gasteiger partial charge in [-0.2, -0.15) is 0 Å². The maximum absolute atomic E-state index is 13.2. The number of alkyl halides is 2. The molecule has 0 aliphatic carbocycles. The van der Waals surface area contributed by atoms with Crippen molar-refractivity contribution in [1.29, 1.82) is 0 Å². The highest BCUT2D eigenvalue weighted by Crippen LogP contribution is 2.33. The summed E-state index contributed by atoms with van der Waals surface area (Å²) in [5, 5.41) is 2.62. The van der Waals surface area contributed by atoms with E-state index < -0.39 is 24.9 Å². The number of carbonyl (C=O) groups is 1. The summed E-state index contributed by atoms with van der Waals surface area (Å²) in [6.07, 6.45) is 0.364. The van der Waals surface area contributed by atoms with Crippen molar-refractivity contribution in [2.75, 3.05) is 18.0 Å². The molecule has 1 N–H and O–H groups in total. The van der Waals surface area contributed by atoms with E-state index >= 15 is 0 Å². The predicted molar refractivity (Wildman–Crippen MR) is 78.8 cm³/mol. The van der Waals surface area contributed by atoms with Gasteiger partial charge in [0.1, 0.15) is 0 Å². The number of amides is 1. The normalized spacial score (nSPS) is 23.4. The summed E-state index contributed by atoms with van der Waals surface area (Å²) in [5.41, 5.74) is 1.91. The zero-order chi connectivity index (χ0) is 13.6. The van der Waals surface area contributed by atoms with E-state index in [-0.39, 0.29) is 18.3 Å². The van der Waals surface area contributed by atoms with Gasteiger partial charge >= 0.3 is 0 Å². The third kappa shape index (κ3) is 2.82. The molecule has 110 valence electrons. The zero-order valence-electron chi connectivity index (χ0n) is 10.5. The second-order valence-corrected chi connectivity index (χ2v) is 5.92. The summed E-state index contributed by atoms with van der Waals surface area (Å²) in [7, 11) is 0. The molecule has 1 aromatic rings. The highest BCUT2D eigenvalue weighted by Gasteiger charge is 2.44. The van der Waals surface area contributed by atoms with Gasteiger partial charge < -0.3 is 4.90 Å². The maximum atomic E-state index is 13.2. The van der Waals surface area contributed by atoms with Gasteiger partial charge in [0.15, 0.2) is 0 Å². The number of hydrogen-bond acceptors (Lipinski definition) is 2. The first kappa shape index (κ1) is 15.7. The fraction of sp³-hybridized carbons (Fsp3) is 0.462. The molecule has 7 heteroatoms. The Kier molecular flexibility index (Phi) is 4.37. The standard InChI is InChI=1S/C13H13BrF2N2O.ClH/c14-9-2-1-8-3-4-18(11(8)5-9)12(19)10-6-13(15,16)7-17-10;/h1-2,5,10,17H,3-4,6-7H2;1H. The Labute approximate surface area is 130 Å². The number of hydrogen-bond donors (Lipinski definition) is 1. The molecule has 3 rings (SSSR count). The lowest BCUT2D eigenvalue weighted by Crippen LogP contribution is -2.42. The number of halogens is 4. The summed E-state index contributed by atoms with van der Waals surface area (Å²) in [4.78, 5) is 13.9. The van der Waals surface area contributed by atoms with Crippen molar-refractivity contribution in [2.24, 2.45) is 0 Å². The van der Waals surface area contributed by atoms with Gasteiger partial charge in [-0.3, -0.25) is 10.1 Å². The van der Waals surface area contributed by atoms with Gasteiger partial charge in [0.2, 0.25) is 5.91 Å². The lowest BCUT2D eigenvalue weighted by molar-refractivity contribution is -0.120. The number of fused-ring (bicyclic) bond motifs is 1. The van der Waals surface area contributed by atoms with Crippen molar-refractivity contribution in [3.8, 4) is 0 Å². The Morgan fingerprint density at radius 2 is 2.20 bits per heavy atom. The number of nitrogens with zero attached hydrogens (tertiary/aromatic N) is 1. The van der Waals surface area contributed by atoms with Crippen LogP contribution >= 0.6 is 28.3 Å². The van der Waals surface area contributed by atoms with E-state index in [0.29, 0.717) is 6.54 Å². The third-order valence-electron chi connectivity index (χ3n) is 3.62. The number of anilines is 1. The highest BCUT2D eigenvalue weighted by atomic mass is 79.9. The zero-order valence-corrected chi connectivity index (χ0v) is 12.9. The summed E-state index contributed by atoms with van der Waals surface area (Å²) < 4.78 is 27.2. The molecule has 2 aliphatic heterocycles. The first-order valence-electron chi connectivity index (χ1n) is 6.17. The number of carbonyl (C=O) groups excluding carboxylic acids is 1. The van der Waals surface area contributed by atoms with Crippen molar-refractivity contribution in [1.82, 2.24) is 5.32 Å². The second-order valence-electron chi connectivity index (χ2n) is 5.01. The van der Waals surface area contributed by atoms with Crippen LogP contribution in [0.3, 0.4) is 0 Å². The molecule has 2 heterocycles. The number of rotatable bonds is 1. The average Bonchev–Trinajstić information content (AvgIpc) is 2.91. The fourth-order valence-electron chi connectivity index (χ4n) is 2.66. The highest BCUT2D eigenvalue weighted by molar-refractivity contribution is 9.10. The Hall–Kier alpha value is -0.720. The molecule has 1 fully saturated rings. The molecule has 0 bridgehead atoms.